The van der Waals surface area contributed by atoms with E-state index in [2.05, 4.69) is 22.5 Å². The molecule has 1 aromatic carbocycles. The van der Waals surface area contributed by atoms with Crippen LogP contribution in [-0.2, 0) is 13.0 Å². The van der Waals surface area contributed by atoms with E-state index in [9.17, 15) is 4.39 Å². The molecule has 0 spiro atoms. The van der Waals surface area contributed by atoms with E-state index in [0.29, 0.717) is 17.1 Å². The third-order valence-electron chi connectivity index (χ3n) is 3.49. The number of aryl methyl sites for hydroxylation is 1. The highest BCUT2D eigenvalue weighted by Gasteiger charge is 2.09. The number of nitrogens with zero attached hydrogens (tertiary/aromatic N) is 2. The van der Waals surface area contributed by atoms with Crippen LogP contribution in [0.1, 0.15) is 24.9 Å². The Morgan fingerprint density at radius 3 is 2.96 bits per heavy atom. The van der Waals surface area contributed by atoms with Crippen molar-refractivity contribution in [2.24, 2.45) is 0 Å². The van der Waals surface area contributed by atoms with Crippen molar-refractivity contribution in [2.45, 2.75) is 26.3 Å². The Bertz CT molecular complexity index is 902. The molecule has 0 saturated heterocycles. The first-order valence-corrected chi connectivity index (χ1v) is 8.31. The second-order valence-electron chi connectivity index (χ2n) is 5.26. The lowest BCUT2D eigenvalue weighted by molar-refractivity contribution is 0.520. The van der Waals surface area contributed by atoms with Crippen molar-refractivity contribution >= 4 is 23.8 Å². The van der Waals surface area contributed by atoms with Crippen LogP contribution in [0.15, 0.2) is 34.7 Å². The number of aromatic amines is 1. The minimum atomic E-state index is -0.452. The molecule has 0 aliphatic carbocycles. The SMILES string of the molecule is CCCc1n[nH]c(=S)n1NCc1ccc(-c2ccc(F)c(Cl)c2)o1. The van der Waals surface area contributed by atoms with Gasteiger partial charge in [0.25, 0.3) is 0 Å². The van der Waals surface area contributed by atoms with Crippen LogP contribution in [0.2, 0.25) is 5.02 Å². The summed E-state index contributed by atoms with van der Waals surface area (Å²) in [5, 5.41) is 7.03. The molecule has 0 aliphatic rings. The van der Waals surface area contributed by atoms with Crippen molar-refractivity contribution < 1.29 is 8.81 Å². The molecule has 5 nitrogen and oxygen atoms in total. The Morgan fingerprint density at radius 1 is 1.38 bits per heavy atom. The van der Waals surface area contributed by atoms with Gasteiger partial charge in [0, 0.05) is 12.0 Å². The highest BCUT2D eigenvalue weighted by Crippen LogP contribution is 2.26. The fourth-order valence-electron chi connectivity index (χ4n) is 2.32. The predicted octanol–water partition coefficient (Wildman–Crippen LogP) is 4.69. The number of hydrogen-bond acceptors (Lipinski definition) is 4. The standard InChI is InChI=1S/C16H16ClFN4OS/c1-2-3-15-20-21-16(24)22(15)19-9-11-5-7-14(23-11)10-4-6-13(18)12(17)8-10/h4-8,19H,2-3,9H2,1H3,(H,21,24). The second-order valence-corrected chi connectivity index (χ2v) is 6.05. The zero-order chi connectivity index (χ0) is 17.1. The number of nitrogens with one attached hydrogen (secondary N) is 2. The predicted molar refractivity (Wildman–Crippen MR) is 93.6 cm³/mol. The normalized spacial score (nSPS) is 11.0. The first-order valence-electron chi connectivity index (χ1n) is 7.52. The van der Waals surface area contributed by atoms with Gasteiger partial charge < -0.3 is 9.84 Å². The van der Waals surface area contributed by atoms with Crippen molar-refractivity contribution in [3.8, 4) is 11.3 Å². The smallest absolute Gasteiger partial charge is 0.214 e. The molecule has 3 aromatic rings. The molecule has 2 heterocycles. The van der Waals surface area contributed by atoms with Gasteiger partial charge in [-0.2, -0.15) is 5.10 Å². The molecule has 0 atom stereocenters. The maximum absolute atomic E-state index is 13.2. The Balaban J connectivity index is 1.74. The topological polar surface area (TPSA) is 58.8 Å². The lowest BCUT2D eigenvalue weighted by Gasteiger charge is -2.08. The fraction of sp³-hybridized carbons (Fsp3) is 0.250. The summed E-state index contributed by atoms with van der Waals surface area (Å²) in [6.45, 7) is 2.52. The summed E-state index contributed by atoms with van der Waals surface area (Å²) in [5.41, 5.74) is 3.91. The summed E-state index contributed by atoms with van der Waals surface area (Å²) in [6, 6.07) is 8.16. The van der Waals surface area contributed by atoms with Gasteiger partial charge in [0.1, 0.15) is 17.3 Å². The monoisotopic (exact) mass is 366 g/mol. The molecule has 3 rings (SSSR count). The van der Waals surface area contributed by atoms with Crippen LogP contribution < -0.4 is 5.43 Å². The molecule has 0 saturated carbocycles. The molecule has 126 valence electrons. The van der Waals surface area contributed by atoms with Gasteiger partial charge in [0.05, 0.1) is 11.6 Å². The third-order valence-corrected chi connectivity index (χ3v) is 4.06. The number of halogens is 2. The van der Waals surface area contributed by atoms with E-state index in [4.69, 9.17) is 28.2 Å². The summed E-state index contributed by atoms with van der Waals surface area (Å²) >= 11 is 11.0. The van der Waals surface area contributed by atoms with Crippen molar-refractivity contribution in [3.63, 3.8) is 0 Å². The van der Waals surface area contributed by atoms with Crippen molar-refractivity contribution in [2.75, 3.05) is 5.43 Å². The molecule has 0 unspecified atom stereocenters. The molecule has 2 aromatic heterocycles. The van der Waals surface area contributed by atoms with Crippen LogP contribution >= 0.6 is 23.8 Å². The van der Waals surface area contributed by atoms with Crippen LogP contribution in [0, 0.1) is 10.6 Å². The molecule has 2 N–H and O–H groups in total. The van der Waals surface area contributed by atoms with Crippen LogP contribution in [0.25, 0.3) is 11.3 Å². The first-order chi connectivity index (χ1) is 11.6. The van der Waals surface area contributed by atoms with E-state index < -0.39 is 5.82 Å². The van der Waals surface area contributed by atoms with E-state index in [-0.39, 0.29) is 5.02 Å². The zero-order valence-electron chi connectivity index (χ0n) is 13.0. The van der Waals surface area contributed by atoms with Crippen molar-refractivity contribution in [1.29, 1.82) is 0 Å². The van der Waals surface area contributed by atoms with Gasteiger partial charge in [0.15, 0.2) is 5.82 Å². The zero-order valence-corrected chi connectivity index (χ0v) is 14.5. The Hall–Kier alpha value is -2.12. The Morgan fingerprint density at radius 2 is 2.21 bits per heavy atom. The molecule has 8 heteroatoms. The quantitative estimate of drug-likeness (QED) is 0.621. The van der Waals surface area contributed by atoms with Gasteiger partial charge in [-0.05, 0) is 49.0 Å². The highest BCUT2D eigenvalue weighted by atomic mass is 35.5. The third kappa shape index (κ3) is 3.52. The largest absolute Gasteiger partial charge is 0.459 e. The maximum atomic E-state index is 13.2. The van der Waals surface area contributed by atoms with E-state index in [0.717, 1.165) is 30.0 Å². The number of benzene rings is 1. The lowest BCUT2D eigenvalue weighted by Crippen LogP contribution is -2.17. The molecule has 0 radical (unpaired) electrons. The fourth-order valence-corrected chi connectivity index (χ4v) is 2.71. The molecule has 0 amide bonds. The van der Waals surface area contributed by atoms with Gasteiger partial charge in [-0.3, -0.25) is 5.10 Å². The van der Waals surface area contributed by atoms with Gasteiger partial charge in [-0.25, -0.2) is 9.07 Å². The number of hydrogen-bond donors (Lipinski definition) is 2. The number of H-pyrrole nitrogens is 1. The van der Waals surface area contributed by atoms with E-state index >= 15 is 0 Å². The van der Waals surface area contributed by atoms with E-state index in [1.807, 2.05) is 12.1 Å². The van der Waals surface area contributed by atoms with Crippen LogP contribution in [0.3, 0.4) is 0 Å². The Kier molecular flexibility index (Phi) is 5.01. The lowest BCUT2D eigenvalue weighted by atomic mass is 10.2. The number of furan rings is 1. The van der Waals surface area contributed by atoms with Crippen LogP contribution in [0.5, 0.6) is 0 Å². The number of rotatable bonds is 6. The van der Waals surface area contributed by atoms with Crippen LogP contribution in [-0.4, -0.2) is 14.9 Å². The van der Waals surface area contributed by atoms with Crippen molar-refractivity contribution in [1.82, 2.24) is 14.9 Å². The minimum Gasteiger partial charge on any atom is -0.459 e. The van der Waals surface area contributed by atoms with Crippen molar-refractivity contribution in [3.05, 3.63) is 57.5 Å². The molecule has 0 bridgehead atoms. The summed E-state index contributed by atoms with van der Waals surface area (Å²) in [7, 11) is 0. The first kappa shape index (κ1) is 16.7. The molecular weight excluding hydrogens is 351 g/mol. The van der Waals surface area contributed by atoms with E-state index in [1.165, 1.54) is 6.07 Å². The average Bonchev–Trinajstić information content (AvgIpc) is 3.16. The molecule has 0 fully saturated rings. The Labute approximate surface area is 148 Å². The summed E-state index contributed by atoms with van der Waals surface area (Å²) in [4.78, 5) is 0. The second kappa shape index (κ2) is 7.19. The average molecular weight is 367 g/mol. The summed E-state index contributed by atoms with van der Waals surface area (Å²) < 4.78 is 21.3. The summed E-state index contributed by atoms with van der Waals surface area (Å²) in [6.07, 6.45) is 1.79. The highest BCUT2D eigenvalue weighted by molar-refractivity contribution is 7.71. The minimum absolute atomic E-state index is 0.0671. The van der Waals surface area contributed by atoms with Gasteiger partial charge >= 0.3 is 0 Å². The van der Waals surface area contributed by atoms with Gasteiger partial charge in [-0.1, -0.05) is 18.5 Å². The summed E-state index contributed by atoms with van der Waals surface area (Å²) in [5.74, 6) is 1.74. The molecular formula is C16H16ClFN4OS. The molecule has 24 heavy (non-hydrogen) atoms. The van der Waals surface area contributed by atoms with Crippen LogP contribution in [0.4, 0.5) is 4.39 Å². The molecule has 0 aliphatic heterocycles. The van der Waals surface area contributed by atoms with Gasteiger partial charge in [0.2, 0.25) is 4.77 Å². The maximum Gasteiger partial charge on any atom is 0.214 e. The number of aromatic nitrogens is 3. The van der Waals surface area contributed by atoms with Gasteiger partial charge in [-0.15, -0.1) is 0 Å². The van der Waals surface area contributed by atoms with E-state index in [1.54, 1.807) is 16.8 Å².